The van der Waals surface area contributed by atoms with Crippen LogP contribution in [-0.2, 0) is 9.09 Å². The summed E-state index contributed by atoms with van der Waals surface area (Å²) in [6.45, 7) is 20.4. The van der Waals surface area contributed by atoms with Crippen LogP contribution in [0.2, 0.25) is 0 Å². The van der Waals surface area contributed by atoms with Gasteiger partial charge in [0, 0.05) is 10.3 Å². The summed E-state index contributed by atoms with van der Waals surface area (Å²) < 4.78 is 21.3. The molecule has 0 spiro atoms. The summed E-state index contributed by atoms with van der Waals surface area (Å²) in [5, 5.41) is -0.747. The third kappa shape index (κ3) is 4.34. The van der Waals surface area contributed by atoms with Crippen molar-refractivity contribution in [3.05, 3.63) is 0 Å². The average Bonchev–Trinajstić information content (AvgIpc) is 2.12. The lowest BCUT2D eigenvalue weighted by Crippen LogP contribution is -2.33. The molecule has 3 nitrogen and oxygen atoms in total. The van der Waals surface area contributed by atoms with Gasteiger partial charge in [-0.15, -0.1) is 0 Å². The van der Waals surface area contributed by atoms with E-state index < -0.39 is 7.37 Å². The van der Waals surface area contributed by atoms with E-state index in [1.165, 1.54) is 0 Å². The van der Waals surface area contributed by atoms with Crippen LogP contribution in [0.25, 0.3) is 0 Å². The fraction of sp³-hybridized carbons (Fsp3) is 0.933. The van der Waals surface area contributed by atoms with Crippen LogP contribution < -0.4 is 0 Å². The lowest BCUT2D eigenvalue weighted by Gasteiger charge is -2.38. The molecule has 4 heteroatoms. The van der Waals surface area contributed by atoms with Crippen molar-refractivity contribution in [1.29, 1.82) is 0 Å². The lowest BCUT2D eigenvalue weighted by atomic mass is 10.2. The molecule has 0 aromatic heterocycles. The van der Waals surface area contributed by atoms with E-state index in [4.69, 9.17) is 4.52 Å². The minimum absolute atomic E-state index is 0.327. The van der Waals surface area contributed by atoms with E-state index in [0.29, 0.717) is 12.1 Å². The predicted octanol–water partition coefficient (Wildman–Crippen LogP) is 4.74. The van der Waals surface area contributed by atoms with E-state index in [0.717, 1.165) is 0 Å². The molecule has 0 atom stereocenters. The third-order valence-corrected chi connectivity index (χ3v) is 7.20. The molecule has 0 aliphatic carbocycles. The monoisotopic (exact) mass is 290 g/mol. The van der Waals surface area contributed by atoms with Gasteiger partial charge in [0.2, 0.25) is 0 Å². The molecule has 114 valence electrons. The molecule has 19 heavy (non-hydrogen) atoms. The zero-order valence-electron chi connectivity index (χ0n) is 14.4. The second kappa shape index (κ2) is 5.99. The van der Waals surface area contributed by atoms with E-state index in [-0.39, 0.29) is 10.3 Å². The summed E-state index contributed by atoms with van der Waals surface area (Å²) in [6, 6.07) is 0.654. The maximum atomic E-state index is 13.3. The van der Waals surface area contributed by atoms with Crippen LogP contribution >= 0.6 is 7.37 Å². The van der Waals surface area contributed by atoms with Crippen molar-refractivity contribution in [1.82, 2.24) is 0 Å². The Bertz CT molecular complexity index is 343. The van der Waals surface area contributed by atoms with Gasteiger partial charge in [0.25, 0.3) is 7.37 Å². The molecule has 0 saturated heterocycles. The van der Waals surface area contributed by atoms with Crippen LogP contribution in [0, 0.1) is 0 Å². The lowest BCUT2D eigenvalue weighted by molar-refractivity contribution is -0.588. The van der Waals surface area contributed by atoms with Gasteiger partial charge < -0.3 is 4.52 Å². The first-order valence-corrected chi connectivity index (χ1v) is 8.76. The van der Waals surface area contributed by atoms with Crippen molar-refractivity contribution in [2.45, 2.75) is 91.6 Å². The predicted molar refractivity (Wildman–Crippen MR) is 84.8 cm³/mol. The van der Waals surface area contributed by atoms with Gasteiger partial charge in [-0.05, 0) is 27.7 Å². The number of hydrogen-bond donors (Lipinski definition) is 0. The van der Waals surface area contributed by atoms with E-state index in [2.05, 4.69) is 32.3 Å². The van der Waals surface area contributed by atoms with Crippen LogP contribution in [0.5, 0.6) is 0 Å². The van der Waals surface area contributed by atoms with E-state index in [9.17, 15) is 4.57 Å². The van der Waals surface area contributed by atoms with Gasteiger partial charge in [0.05, 0.1) is 0 Å². The van der Waals surface area contributed by atoms with Crippen LogP contribution in [-0.4, -0.2) is 33.4 Å². The molecule has 0 radical (unpaired) electrons. The SMILES string of the molecule is CC(C)[N+](=COP(=O)(C(C)(C)C)C(C)(C)C)C(C)C. The first-order chi connectivity index (χ1) is 8.24. The van der Waals surface area contributed by atoms with Crippen molar-refractivity contribution >= 4 is 13.8 Å². The highest BCUT2D eigenvalue weighted by Crippen LogP contribution is 2.67. The summed E-state index contributed by atoms with van der Waals surface area (Å²) in [6.07, 6.45) is 1.69. The van der Waals surface area contributed by atoms with Crippen molar-refractivity contribution in [2.24, 2.45) is 0 Å². The third-order valence-electron chi connectivity index (χ3n) is 3.28. The Hall–Kier alpha value is -0.300. The molecular formula is C15H33NO2P+. The van der Waals surface area contributed by atoms with Gasteiger partial charge in [-0.3, -0.25) is 4.57 Å². The van der Waals surface area contributed by atoms with Crippen LogP contribution in [0.4, 0.5) is 0 Å². The molecular weight excluding hydrogens is 257 g/mol. The molecule has 0 aliphatic heterocycles. The van der Waals surface area contributed by atoms with E-state index >= 15 is 0 Å². The van der Waals surface area contributed by atoms with Gasteiger partial charge in [-0.2, -0.15) is 0 Å². The number of nitrogens with zero attached hydrogens (tertiary/aromatic N) is 1. The molecule has 0 aromatic carbocycles. The molecule has 0 heterocycles. The van der Waals surface area contributed by atoms with Gasteiger partial charge in [0.1, 0.15) is 0 Å². The summed E-state index contributed by atoms with van der Waals surface area (Å²) in [5.74, 6) is 0. The molecule has 0 rings (SSSR count). The van der Waals surface area contributed by atoms with Gasteiger partial charge in [-0.25, -0.2) is 4.58 Å². The van der Waals surface area contributed by atoms with Crippen LogP contribution in [0.3, 0.4) is 0 Å². The summed E-state index contributed by atoms with van der Waals surface area (Å²) in [5.41, 5.74) is 0. The second-order valence-electron chi connectivity index (χ2n) is 7.74. The van der Waals surface area contributed by atoms with Gasteiger partial charge in [0.15, 0.2) is 12.1 Å². The normalized spacial score (nSPS) is 13.9. The van der Waals surface area contributed by atoms with Gasteiger partial charge in [-0.1, -0.05) is 41.5 Å². The fourth-order valence-electron chi connectivity index (χ4n) is 2.28. The van der Waals surface area contributed by atoms with Crippen LogP contribution in [0.15, 0.2) is 0 Å². The summed E-state index contributed by atoms with van der Waals surface area (Å²) in [7, 11) is -2.82. The first kappa shape index (κ1) is 18.7. The highest BCUT2D eigenvalue weighted by atomic mass is 31.2. The Kier molecular flexibility index (Phi) is 5.90. The minimum atomic E-state index is -2.82. The van der Waals surface area contributed by atoms with Crippen molar-refractivity contribution < 1.29 is 13.7 Å². The van der Waals surface area contributed by atoms with Crippen molar-refractivity contribution in [3.8, 4) is 0 Å². The quantitative estimate of drug-likeness (QED) is 0.324. The molecule has 0 aromatic rings. The highest BCUT2D eigenvalue weighted by Gasteiger charge is 2.49. The maximum absolute atomic E-state index is 13.3. The molecule has 0 bridgehead atoms. The largest absolute Gasteiger partial charge is 0.395 e. The molecule has 0 unspecified atom stereocenters. The number of hydrogen-bond acceptors (Lipinski definition) is 2. The molecule has 0 N–H and O–H groups in total. The molecule has 0 amide bonds. The molecule has 0 saturated carbocycles. The second-order valence-corrected chi connectivity index (χ2v) is 11.7. The minimum Gasteiger partial charge on any atom is -0.395 e. The number of rotatable bonds is 4. The summed E-state index contributed by atoms with van der Waals surface area (Å²) >= 11 is 0. The zero-order chi connectivity index (χ0) is 15.6. The molecule has 0 fully saturated rings. The smallest absolute Gasteiger partial charge is 0.329 e. The highest BCUT2D eigenvalue weighted by molar-refractivity contribution is 7.62. The first-order valence-electron chi connectivity index (χ1n) is 7.13. The van der Waals surface area contributed by atoms with Gasteiger partial charge >= 0.3 is 6.40 Å². The van der Waals surface area contributed by atoms with E-state index in [1.807, 2.05) is 41.5 Å². The Morgan fingerprint density at radius 1 is 0.895 bits per heavy atom. The van der Waals surface area contributed by atoms with Crippen LogP contribution in [0.1, 0.15) is 69.2 Å². The standard InChI is InChI=1S/C15H33NO2P/c1-12(2)16(13(3)4)11-18-19(17,14(5,6)7)15(8,9)10/h11-13H,1-10H3/q+1. The average molecular weight is 290 g/mol. The fourth-order valence-corrected chi connectivity index (χ4v) is 5.17. The maximum Gasteiger partial charge on any atom is 0.329 e. The Morgan fingerprint density at radius 2 is 1.21 bits per heavy atom. The molecule has 0 aliphatic rings. The summed E-state index contributed by atoms with van der Waals surface area (Å²) in [4.78, 5) is 0. The van der Waals surface area contributed by atoms with E-state index in [1.54, 1.807) is 6.40 Å². The Balaban J connectivity index is 5.52. The topological polar surface area (TPSA) is 29.3 Å². The van der Waals surface area contributed by atoms with Crippen molar-refractivity contribution in [3.63, 3.8) is 0 Å². The Labute approximate surface area is 119 Å². The Morgan fingerprint density at radius 3 is 1.42 bits per heavy atom. The zero-order valence-corrected chi connectivity index (χ0v) is 15.3. The van der Waals surface area contributed by atoms with Crippen molar-refractivity contribution in [2.75, 3.05) is 0 Å².